The first-order chi connectivity index (χ1) is 15.0. The lowest BCUT2D eigenvalue weighted by molar-refractivity contribution is 0.0950. The molecule has 1 heterocycles. The molecule has 1 N–H and O–H groups in total. The van der Waals surface area contributed by atoms with Crippen LogP contribution in [0.15, 0.2) is 102 Å². The molecule has 3 aromatic carbocycles. The minimum Gasteiger partial charge on any atom is -0.348 e. The Morgan fingerprint density at radius 3 is 2.39 bits per heavy atom. The zero-order chi connectivity index (χ0) is 21.7. The zero-order valence-electron chi connectivity index (χ0n) is 16.7. The number of carbonyl (C=O) groups is 1. The van der Waals surface area contributed by atoms with Crippen LogP contribution in [0.4, 0.5) is 0 Å². The maximum atomic E-state index is 12.7. The van der Waals surface area contributed by atoms with E-state index < -0.39 is 9.84 Å². The first kappa shape index (κ1) is 20.6. The Bertz CT molecular complexity index is 1270. The van der Waals surface area contributed by atoms with E-state index in [9.17, 15) is 13.2 Å². The van der Waals surface area contributed by atoms with Gasteiger partial charge in [-0.05, 0) is 41.5 Å². The highest BCUT2D eigenvalue weighted by molar-refractivity contribution is 7.90. The molecule has 1 aromatic heterocycles. The van der Waals surface area contributed by atoms with Crippen molar-refractivity contribution >= 4 is 15.7 Å². The Hall–Kier alpha value is -3.71. The Kier molecular flexibility index (Phi) is 5.95. The van der Waals surface area contributed by atoms with E-state index in [0.717, 1.165) is 11.3 Å². The molecule has 7 heteroatoms. The minimum atomic E-state index is -3.55. The molecule has 1 amide bonds. The summed E-state index contributed by atoms with van der Waals surface area (Å²) in [6.45, 7) is 0.337. The molecule has 4 aromatic rings. The van der Waals surface area contributed by atoms with Crippen LogP contribution >= 0.6 is 0 Å². The SMILES string of the molecule is O=C(NCc1ccc(-n2ccnc2)cc1)c1cccc(S(=O)(=O)Cc2ccccc2)c1. The van der Waals surface area contributed by atoms with Crippen LogP contribution in [-0.2, 0) is 22.1 Å². The number of hydrogen-bond donors (Lipinski definition) is 1. The largest absolute Gasteiger partial charge is 0.348 e. The summed E-state index contributed by atoms with van der Waals surface area (Å²) in [5.41, 5.74) is 2.93. The van der Waals surface area contributed by atoms with Crippen LogP contribution in [0.5, 0.6) is 0 Å². The van der Waals surface area contributed by atoms with Gasteiger partial charge in [0, 0.05) is 30.2 Å². The van der Waals surface area contributed by atoms with Gasteiger partial charge in [0.05, 0.1) is 17.0 Å². The van der Waals surface area contributed by atoms with Gasteiger partial charge in [-0.2, -0.15) is 0 Å². The first-order valence-corrected chi connectivity index (χ1v) is 11.4. The standard InChI is InChI=1S/C24H21N3O3S/c28-24(26-16-19-9-11-22(12-10-19)27-14-13-25-18-27)21-7-4-8-23(15-21)31(29,30)17-20-5-2-1-3-6-20/h1-15,18H,16-17H2,(H,26,28). The fraction of sp³-hybridized carbons (Fsp3) is 0.0833. The fourth-order valence-electron chi connectivity index (χ4n) is 3.19. The number of rotatable bonds is 7. The summed E-state index contributed by atoms with van der Waals surface area (Å²) in [4.78, 5) is 16.7. The summed E-state index contributed by atoms with van der Waals surface area (Å²) < 4.78 is 27.4. The van der Waals surface area contributed by atoms with Crippen molar-refractivity contribution in [1.29, 1.82) is 0 Å². The van der Waals surface area contributed by atoms with Crippen molar-refractivity contribution in [2.45, 2.75) is 17.2 Å². The van der Waals surface area contributed by atoms with Crippen molar-refractivity contribution in [3.8, 4) is 5.69 Å². The normalized spacial score (nSPS) is 11.2. The highest BCUT2D eigenvalue weighted by atomic mass is 32.2. The maximum absolute atomic E-state index is 12.7. The summed E-state index contributed by atoms with van der Waals surface area (Å²) in [5, 5.41) is 2.84. The van der Waals surface area contributed by atoms with Crippen LogP contribution in [0, 0.1) is 0 Å². The molecule has 6 nitrogen and oxygen atoms in total. The third kappa shape index (κ3) is 5.07. The highest BCUT2D eigenvalue weighted by Gasteiger charge is 2.17. The predicted octanol–water partition coefficient (Wildman–Crippen LogP) is 3.78. The highest BCUT2D eigenvalue weighted by Crippen LogP contribution is 2.18. The minimum absolute atomic E-state index is 0.109. The lowest BCUT2D eigenvalue weighted by Crippen LogP contribution is -2.23. The smallest absolute Gasteiger partial charge is 0.251 e. The average molecular weight is 432 g/mol. The number of imidazole rings is 1. The molecule has 0 bridgehead atoms. The Morgan fingerprint density at radius 1 is 0.903 bits per heavy atom. The van der Waals surface area contributed by atoms with Gasteiger partial charge >= 0.3 is 0 Å². The number of benzene rings is 3. The van der Waals surface area contributed by atoms with Crippen LogP contribution < -0.4 is 5.32 Å². The molecule has 0 unspecified atom stereocenters. The van der Waals surface area contributed by atoms with Gasteiger partial charge in [-0.1, -0.05) is 48.5 Å². The lowest BCUT2D eigenvalue weighted by atomic mass is 10.2. The van der Waals surface area contributed by atoms with Gasteiger partial charge in [0.1, 0.15) is 0 Å². The second-order valence-electron chi connectivity index (χ2n) is 7.09. The topological polar surface area (TPSA) is 81.1 Å². The van der Waals surface area contributed by atoms with Crippen LogP contribution in [0.2, 0.25) is 0 Å². The number of carbonyl (C=O) groups excluding carboxylic acids is 1. The van der Waals surface area contributed by atoms with E-state index in [2.05, 4.69) is 10.3 Å². The molecule has 0 saturated heterocycles. The van der Waals surface area contributed by atoms with Crippen molar-refractivity contribution in [2.75, 3.05) is 0 Å². The Balaban J connectivity index is 1.42. The lowest BCUT2D eigenvalue weighted by Gasteiger charge is -2.09. The van der Waals surface area contributed by atoms with Crippen molar-refractivity contribution in [1.82, 2.24) is 14.9 Å². The first-order valence-electron chi connectivity index (χ1n) is 9.73. The van der Waals surface area contributed by atoms with Gasteiger partial charge < -0.3 is 9.88 Å². The summed E-state index contributed by atoms with van der Waals surface area (Å²) >= 11 is 0. The quantitative estimate of drug-likeness (QED) is 0.483. The van der Waals surface area contributed by atoms with E-state index >= 15 is 0 Å². The average Bonchev–Trinajstić information content (AvgIpc) is 3.33. The van der Waals surface area contributed by atoms with Crippen LogP contribution in [0.3, 0.4) is 0 Å². The maximum Gasteiger partial charge on any atom is 0.251 e. The molecule has 31 heavy (non-hydrogen) atoms. The van der Waals surface area contributed by atoms with E-state index in [0.29, 0.717) is 17.7 Å². The molecular weight excluding hydrogens is 410 g/mol. The number of amides is 1. The fourth-order valence-corrected chi connectivity index (χ4v) is 4.58. The van der Waals surface area contributed by atoms with Gasteiger partial charge in [-0.3, -0.25) is 4.79 Å². The van der Waals surface area contributed by atoms with Crippen molar-refractivity contribution < 1.29 is 13.2 Å². The van der Waals surface area contributed by atoms with E-state index in [1.54, 1.807) is 48.9 Å². The van der Waals surface area contributed by atoms with Crippen LogP contribution in [0.1, 0.15) is 21.5 Å². The molecule has 156 valence electrons. The Labute approximate surface area is 181 Å². The van der Waals surface area contributed by atoms with Gasteiger partial charge in [0.15, 0.2) is 9.84 Å². The molecule has 0 spiro atoms. The van der Waals surface area contributed by atoms with Crippen LogP contribution in [-0.4, -0.2) is 23.9 Å². The van der Waals surface area contributed by atoms with Crippen molar-refractivity contribution in [3.63, 3.8) is 0 Å². The van der Waals surface area contributed by atoms with E-state index in [1.165, 1.54) is 12.1 Å². The van der Waals surface area contributed by atoms with Gasteiger partial charge in [0.25, 0.3) is 5.91 Å². The molecule has 0 saturated carbocycles. The number of nitrogens with one attached hydrogen (secondary N) is 1. The summed E-state index contributed by atoms with van der Waals surface area (Å²) in [6, 6.07) is 22.9. The summed E-state index contributed by atoms with van der Waals surface area (Å²) in [5.74, 6) is -0.433. The molecule has 0 radical (unpaired) electrons. The van der Waals surface area contributed by atoms with Crippen LogP contribution in [0.25, 0.3) is 5.69 Å². The van der Waals surface area contributed by atoms with Crippen molar-refractivity contribution in [2.24, 2.45) is 0 Å². The summed E-state index contributed by atoms with van der Waals surface area (Å²) in [6.07, 6.45) is 5.29. The zero-order valence-corrected chi connectivity index (χ0v) is 17.5. The number of sulfone groups is 1. The predicted molar refractivity (Wildman–Crippen MR) is 119 cm³/mol. The molecule has 0 aliphatic heterocycles. The number of aromatic nitrogens is 2. The monoisotopic (exact) mass is 431 g/mol. The van der Waals surface area contributed by atoms with Gasteiger partial charge in [0.2, 0.25) is 0 Å². The molecule has 0 aliphatic carbocycles. The van der Waals surface area contributed by atoms with E-state index in [1.807, 2.05) is 41.1 Å². The molecule has 0 aliphatic rings. The molecule has 0 atom stereocenters. The second-order valence-corrected chi connectivity index (χ2v) is 9.08. The van der Waals surface area contributed by atoms with Gasteiger partial charge in [-0.25, -0.2) is 13.4 Å². The molecule has 0 fully saturated rings. The van der Waals surface area contributed by atoms with Gasteiger partial charge in [-0.15, -0.1) is 0 Å². The number of hydrogen-bond acceptors (Lipinski definition) is 4. The number of nitrogens with zero attached hydrogens (tertiary/aromatic N) is 2. The van der Waals surface area contributed by atoms with E-state index in [4.69, 9.17) is 0 Å². The second kappa shape index (κ2) is 8.97. The van der Waals surface area contributed by atoms with E-state index in [-0.39, 0.29) is 16.6 Å². The molecule has 4 rings (SSSR count). The Morgan fingerprint density at radius 2 is 1.68 bits per heavy atom. The third-order valence-electron chi connectivity index (χ3n) is 4.85. The molecular formula is C24H21N3O3S. The summed E-state index contributed by atoms with van der Waals surface area (Å²) in [7, 11) is -3.55. The third-order valence-corrected chi connectivity index (χ3v) is 6.53. The van der Waals surface area contributed by atoms with Crippen molar-refractivity contribution in [3.05, 3.63) is 114 Å².